The van der Waals surface area contributed by atoms with E-state index in [1.54, 1.807) is 0 Å². The second kappa shape index (κ2) is 8.07. The monoisotopic (exact) mass is 427 g/mol. The van der Waals surface area contributed by atoms with Crippen LogP contribution >= 0.6 is 0 Å². The Morgan fingerprint density at radius 1 is 1.14 bits per heavy atom. The van der Waals surface area contributed by atoms with Gasteiger partial charge in [0.1, 0.15) is 0 Å². The predicted molar refractivity (Wildman–Crippen MR) is 101 cm³/mol. The zero-order valence-corrected chi connectivity index (χ0v) is 20.1. The Bertz CT molecular complexity index is 870. The van der Waals surface area contributed by atoms with E-state index in [0.29, 0.717) is 31.6 Å². The maximum atomic E-state index is 11.1. The molecular weight excluding hydrogens is 387 g/mol. The largest absolute Gasteiger partial charge is 1.00 e. The van der Waals surface area contributed by atoms with Gasteiger partial charge in [-0.3, -0.25) is 4.18 Å². The van der Waals surface area contributed by atoms with E-state index < -0.39 is 40.7 Å². The van der Waals surface area contributed by atoms with Gasteiger partial charge in [-0.05, 0) is 105 Å². The molecule has 0 aromatic carbocycles. The van der Waals surface area contributed by atoms with E-state index in [1.807, 2.05) is 6.92 Å². The van der Waals surface area contributed by atoms with Crippen LogP contribution in [0, 0.1) is 40.4 Å². The van der Waals surface area contributed by atoms with Crippen molar-refractivity contribution in [2.45, 2.75) is 90.7 Å². The summed E-state index contributed by atoms with van der Waals surface area (Å²) in [4.78, 5) is 0. The molecule has 156 valence electrons. The molecule has 0 unspecified atom stereocenters. The first-order valence-electron chi connectivity index (χ1n) is 12.8. The topological polar surface area (TPSA) is 86.7 Å². The Morgan fingerprint density at radius 3 is 2.50 bits per heavy atom. The van der Waals surface area contributed by atoms with Crippen molar-refractivity contribution in [2.24, 2.45) is 40.4 Å². The molecule has 4 fully saturated rings. The molecule has 0 radical (unpaired) electrons. The molecule has 0 aromatic heterocycles. The van der Waals surface area contributed by atoms with Crippen LogP contribution in [0.3, 0.4) is 0 Å². The summed E-state index contributed by atoms with van der Waals surface area (Å²) >= 11 is 0. The average Bonchev–Trinajstić information content (AvgIpc) is 2.93. The van der Waals surface area contributed by atoms with Crippen molar-refractivity contribution < 1.29 is 58.7 Å². The molecule has 5 nitrogen and oxygen atoms in total. The van der Waals surface area contributed by atoms with Crippen LogP contribution in [0.1, 0.15) is 85.3 Å². The van der Waals surface area contributed by atoms with Crippen molar-refractivity contribution in [3.8, 4) is 0 Å². The van der Waals surface area contributed by atoms with Crippen LogP contribution in [0.15, 0.2) is 0 Å². The summed E-state index contributed by atoms with van der Waals surface area (Å²) in [6.07, 6.45) is 2.46. The molecule has 0 spiro atoms. The molecule has 1 N–H and O–H groups in total. The predicted octanol–water partition coefficient (Wildman–Crippen LogP) is 0.876. The van der Waals surface area contributed by atoms with E-state index in [2.05, 4.69) is 6.92 Å². The SMILES string of the molecule is [2H]C([2H])([2H])[C@]([2H])(O)[C@@]1([2H])CC[C@H]2[C@@H]3CC[C@H]4C[C@H](OS(=O)(=O)[O-])CC[C@]4(C)[C@H]3CC[C@@]21C.[Na+]. The van der Waals surface area contributed by atoms with Gasteiger partial charge >= 0.3 is 29.6 Å². The zero-order valence-electron chi connectivity index (χ0n) is 22.2. The third-order valence-corrected chi connectivity index (χ3v) is 9.45. The zero-order chi connectivity index (χ0) is 24.0. The third-order valence-electron chi connectivity index (χ3n) is 8.94. The van der Waals surface area contributed by atoms with Crippen molar-refractivity contribution >= 4 is 10.4 Å². The molecule has 4 aliphatic rings. The van der Waals surface area contributed by atoms with Gasteiger partial charge in [0.05, 0.1) is 13.6 Å². The number of hydrogen-bond acceptors (Lipinski definition) is 5. The number of fused-ring (bicyclic) bond motifs is 5. The summed E-state index contributed by atoms with van der Waals surface area (Å²) in [5.41, 5.74) is -0.773. The molecule has 0 heterocycles. The smallest absolute Gasteiger partial charge is 0.726 e. The summed E-state index contributed by atoms with van der Waals surface area (Å²) < 4.78 is 78.6. The minimum atomic E-state index is -4.72. The third kappa shape index (κ3) is 3.89. The molecule has 0 aliphatic heterocycles. The number of rotatable bonds is 3. The van der Waals surface area contributed by atoms with Gasteiger partial charge in [-0.2, -0.15) is 0 Å². The first kappa shape index (κ1) is 17.4. The van der Waals surface area contributed by atoms with Gasteiger partial charge in [0.25, 0.3) is 0 Å². The van der Waals surface area contributed by atoms with E-state index in [9.17, 15) is 18.1 Å². The Morgan fingerprint density at radius 2 is 1.82 bits per heavy atom. The van der Waals surface area contributed by atoms with E-state index in [4.69, 9.17) is 11.0 Å². The van der Waals surface area contributed by atoms with Gasteiger partial charge in [-0.15, -0.1) is 0 Å². The maximum Gasteiger partial charge on any atom is 1.00 e. The van der Waals surface area contributed by atoms with Gasteiger partial charge in [0.2, 0.25) is 10.4 Å². The Balaban J connectivity index is 0.00000306. The van der Waals surface area contributed by atoms with E-state index in [1.165, 1.54) is 0 Å². The molecule has 0 bridgehead atoms. The summed E-state index contributed by atoms with van der Waals surface area (Å²) in [6.45, 7) is 1.22. The number of aliphatic hydroxyl groups is 1. The standard InChI is InChI=1S/C21H36O5S.Na/c1-13(22)17-6-7-18-16-5-4-14-12-15(26-27(23,24)25)8-10-20(14,2)19(16)9-11-21(17,18)3;/h13-19,22H,4-12H2,1-3H3,(H,23,24,25);/q;+1/p-1/t13-,14-,15+,16-,17+,18-,19-,20-,21+;/m0./s1/i1D3,13D,17D;. The maximum absolute atomic E-state index is 11.1. The quantitative estimate of drug-likeness (QED) is 0.410. The molecular formula is C21H35NaO5S. The fraction of sp³-hybridized carbons (Fsp3) is 1.00. The molecule has 7 heteroatoms. The van der Waals surface area contributed by atoms with Gasteiger partial charge in [0.15, 0.2) is 0 Å². The molecule has 0 saturated heterocycles. The molecule has 9 atom stereocenters. The normalized spacial score (nSPS) is 56.1. The van der Waals surface area contributed by atoms with Crippen molar-refractivity contribution in [2.75, 3.05) is 0 Å². The summed E-state index contributed by atoms with van der Waals surface area (Å²) in [6, 6.07) is 0. The average molecular weight is 428 g/mol. The Labute approximate surface area is 199 Å². The van der Waals surface area contributed by atoms with Gasteiger partial charge in [-0.1, -0.05) is 13.8 Å². The fourth-order valence-electron chi connectivity index (χ4n) is 7.67. The van der Waals surface area contributed by atoms with Gasteiger partial charge < -0.3 is 9.66 Å². The van der Waals surface area contributed by atoms with E-state index in [0.717, 1.165) is 25.7 Å². The molecule has 4 rings (SSSR count). The summed E-state index contributed by atoms with van der Waals surface area (Å²) in [5.74, 6) is -0.779. The van der Waals surface area contributed by atoms with Crippen LogP contribution < -0.4 is 29.6 Å². The second-order valence-corrected chi connectivity index (χ2v) is 10.9. The molecule has 4 aliphatic carbocycles. The van der Waals surface area contributed by atoms with Gasteiger partial charge in [0, 0.05) is 5.48 Å². The number of hydrogen-bond donors (Lipinski definition) is 1. The molecule has 0 amide bonds. The Hall–Kier alpha value is 0.830. The van der Waals surface area contributed by atoms with Crippen LogP contribution in [0.4, 0.5) is 0 Å². The van der Waals surface area contributed by atoms with Crippen molar-refractivity contribution in [3.05, 3.63) is 0 Å². The van der Waals surface area contributed by atoms with Crippen LogP contribution in [0.5, 0.6) is 0 Å². The van der Waals surface area contributed by atoms with Crippen LogP contribution in [0.25, 0.3) is 0 Å². The van der Waals surface area contributed by atoms with E-state index >= 15 is 0 Å². The van der Waals surface area contributed by atoms with Crippen molar-refractivity contribution in [1.29, 1.82) is 0 Å². The Kier molecular flexibility index (Phi) is 5.01. The van der Waals surface area contributed by atoms with E-state index in [-0.39, 0.29) is 59.1 Å². The summed E-state index contributed by atoms with van der Waals surface area (Å²) in [7, 11) is -4.72. The molecule has 0 aromatic rings. The first-order chi connectivity index (χ1) is 14.5. The second-order valence-electron chi connectivity index (χ2n) is 9.88. The van der Waals surface area contributed by atoms with Crippen molar-refractivity contribution in [1.82, 2.24) is 0 Å². The van der Waals surface area contributed by atoms with Gasteiger partial charge in [-0.25, -0.2) is 8.42 Å². The van der Waals surface area contributed by atoms with Crippen LogP contribution in [-0.2, 0) is 14.6 Å². The van der Waals surface area contributed by atoms with Crippen LogP contribution in [-0.4, -0.2) is 30.3 Å². The minimum absolute atomic E-state index is 0. The van der Waals surface area contributed by atoms with Crippen molar-refractivity contribution in [3.63, 3.8) is 0 Å². The molecule has 4 saturated carbocycles. The fourth-order valence-corrected chi connectivity index (χ4v) is 8.18. The minimum Gasteiger partial charge on any atom is -0.726 e. The van der Waals surface area contributed by atoms with Crippen LogP contribution in [0.2, 0.25) is 0 Å². The first-order valence-corrected chi connectivity index (χ1v) is 11.7. The molecule has 28 heavy (non-hydrogen) atoms. The summed E-state index contributed by atoms with van der Waals surface area (Å²) in [5, 5.41) is 10.8.